The highest BCUT2D eigenvalue weighted by Gasteiger charge is 2.60. The molecule has 2 rings (SSSR count). The number of hydrogen-bond donors (Lipinski definition) is 0. The fourth-order valence-electron chi connectivity index (χ4n) is 1.97. The summed E-state index contributed by atoms with van der Waals surface area (Å²) in [5.74, 6) is 1.16. The fraction of sp³-hybridized carbons (Fsp3) is 0.875. The van der Waals surface area contributed by atoms with E-state index in [0.717, 1.165) is 19.0 Å². The minimum absolute atomic E-state index is 0.245. The number of amides is 1. The Labute approximate surface area is 80.5 Å². The van der Waals surface area contributed by atoms with Crippen LogP contribution in [0.15, 0.2) is 0 Å². The lowest BCUT2D eigenvalue weighted by molar-refractivity contribution is -0.136. The maximum absolute atomic E-state index is 10.9. The molecule has 0 aromatic rings. The molecule has 1 unspecified atom stereocenters. The molecule has 1 heterocycles. The molecular formula is C8H12INO. The molecule has 0 radical (unpaired) electrons. The number of likely N-dealkylation sites (tertiary alicyclic amines) is 1. The van der Waals surface area contributed by atoms with Crippen LogP contribution in [0.2, 0.25) is 0 Å². The van der Waals surface area contributed by atoms with Crippen LogP contribution in [-0.2, 0) is 4.79 Å². The van der Waals surface area contributed by atoms with Gasteiger partial charge >= 0.3 is 0 Å². The monoisotopic (exact) mass is 265 g/mol. The molecule has 0 N–H and O–H groups in total. The number of halogens is 1. The molecule has 2 fully saturated rings. The highest BCUT2D eigenvalue weighted by atomic mass is 127. The zero-order valence-electron chi connectivity index (χ0n) is 6.64. The third-order valence-electron chi connectivity index (χ3n) is 3.00. The summed E-state index contributed by atoms with van der Waals surface area (Å²) in [6, 6.07) is 0. The first-order chi connectivity index (χ1) is 5.18. The number of nitrogens with zero attached hydrogens (tertiary/aromatic N) is 1. The Bertz CT molecular complexity index is 198. The maximum Gasteiger partial charge on any atom is 0.219 e. The van der Waals surface area contributed by atoms with Gasteiger partial charge in [0, 0.05) is 29.9 Å². The van der Waals surface area contributed by atoms with Gasteiger partial charge in [0.15, 0.2) is 0 Å². The first kappa shape index (κ1) is 7.83. The van der Waals surface area contributed by atoms with E-state index in [1.807, 2.05) is 4.90 Å². The molecule has 1 amide bonds. The van der Waals surface area contributed by atoms with Gasteiger partial charge in [-0.3, -0.25) is 4.79 Å². The Kier molecular flexibility index (Phi) is 1.67. The third-order valence-corrected chi connectivity index (χ3v) is 4.07. The van der Waals surface area contributed by atoms with Crippen LogP contribution < -0.4 is 0 Å². The molecule has 3 heteroatoms. The van der Waals surface area contributed by atoms with Crippen molar-refractivity contribution in [2.24, 2.45) is 11.3 Å². The second-order valence-electron chi connectivity index (χ2n) is 3.79. The molecule has 1 saturated heterocycles. The van der Waals surface area contributed by atoms with E-state index in [-0.39, 0.29) is 5.91 Å². The van der Waals surface area contributed by atoms with Crippen molar-refractivity contribution in [3.05, 3.63) is 0 Å². The largest absolute Gasteiger partial charge is 0.342 e. The topological polar surface area (TPSA) is 20.3 Å². The highest BCUT2D eigenvalue weighted by Crippen LogP contribution is 2.59. The van der Waals surface area contributed by atoms with Crippen LogP contribution in [0.1, 0.15) is 13.3 Å². The smallest absolute Gasteiger partial charge is 0.219 e. The summed E-state index contributed by atoms with van der Waals surface area (Å²) >= 11 is 2.44. The molecule has 2 nitrogen and oxygen atoms in total. The van der Waals surface area contributed by atoms with Gasteiger partial charge in [-0.25, -0.2) is 0 Å². The quantitative estimate of drug-likeness (QED) is 0.517. The van der Waals surface area contributed by atoms with Gasteiger partial charge in [-0.05, 0) is 12.3 Å². The van der Waals surface area contributed by atoms with E-state index >= 15 is 0 Å². The van der Waals surface area contributed by atoms with Gasteiger partial charge < -0.3 is 4.90 Å². The minimum Gasteiger partial charge on any atom is -0.342 e. The van der Waals surface area contributed by atoms with Crippen LogP contribution in [-0.4, -0.2) is 28.3 Å². The van der Waals surface area contributed by atoms with Crippen molar-refractivity contribution < 1.29 is 4.79 Å². The Morgan fingerprint density at radius 1 is 1.73 bits per heavy atom. The summed E-state index contributed by atoms with van der Waals surface area (Å²) in [5.41, 5.74) is 0.590. The van der Waals surface area contributed by atoms with Crippen LogP contribution >= 0.6 is 22.6 Å². The molecule has 2 aliphatic rings. The lowest BCUT2D eigenvalue weighted by Gasteiger charge is -2.40. The van der Waals surface area contributed by atoms with Gasteiger partial charge in [-0.15, -0.1) is 0 Å². The lowest BCUT2D eigenvalue weighted by Crippen LogP contribution is -2.51. The van der Waals surface area contributed by atoms with E-state index in [1.54, 1.807) is 6.92 Å². The Morgan fingerprint density at radius 2 is 2.36 bits per heavy atom. The summed E-state index contributed by atoms with van der Waals surface area (Å²) in [4.78, 5) is 12.8. The summed E-state index contributed by atoms with van der Waals surface area (Å²) in [6.45, 7) is 3.74. The van der Waals surface area contributed by atoms with E-state index in [0.29, 0.717) is 5.41 Å². The minimum atomic E-state index is 0.245. The molecule has 0 aromatic carbocycles. The van der Waals surface area contributed by atoms with E-state index < -0.39 is 0 Å². The van der Waals surface area contributed by atoms with Gasteiger partial charge in [0.05, 0.1) is 0 Å². The van der Waals surface area contributed by atoms with Crippen LogP contribution in [0.25, 0.3) is 0 Å². The molecule has 1 saturated carbocycles. The van der Waals surface area contributed by atoms with E-state index in [4.69, 9.17) is 0 Å². The molecular weight excluding hydrogens is 253 g/mol. The Morgan fingerprint density at radius 3 is 2.73 bits per heavy atom. The Hall–Kier alpha value is 0.200. The number of rotatable bonds is 1. The van der Waals surface area contributed by atoms with Crippen molar-refractivity contribution in [3.8, 4) is 0 Å². The van der Waals surface area contributed by atoms with Gasteiger partial charge in [0.25, 0.3) is 0 Å². The zero-order valence-corrected chi connectivity index (χ0v) is 8.80. The van der Waals surface area contributed by atoms with Crippen molar-refractivity contribution in [2.45, 2.75) is 13.3 Å². The first-order valence-electron chi connectivity index (χ1n) is 3.99. The molecule has 1 atom stereocenters. The SMILES string of the molecule is CC(=O)N1CC2(CC2CI)C1. The molecule has 1 aliphatic heterocycles. The third kappa shape index (κ3) is 1.08. The van der Waals surface area contributed by atoms with Crippen molar-refractivity contribution in [3.63, 3.8) is 0 Å². The lowest BCUT2D eigenvalue weighted by atomic mass is 9.94. The summed E-state index contributed by atoms with van der Waals surface area (Å²) in [7, 11) is 0. The van der Waals surface area contributed by atoms with Crippen molar-refractivity contribution in [1.29, 1.82) is 0 Å². The fourth-order valence-corrected chi connectivity index (χ4v) is 3.22. The second kappa shape index (κ2) is 2.34. The average molecular weight is 265 g/mol. The van der Waals surface area contributed by atoms with E-state index in [1.165, 1.54) is 10.8 Å². The van der Waals surface area contributed by atoms with Crippen molar-refractivity contribution in [1.82, 2.24) is 4.90 Å². The van der Waals surface area contributed by atoms with Gasteiger partial charge in [-0.2, -0.15) is 0 Å². The maximum atomic E-state index is 10.9. The Balaban J connectivity index is 1.85. The van der Waals surface area contributed by atoms with Crippen LogP contribution in [0.3, 0.4) is 0 Å². The molecule has 0 bridgehead atoms. The second-order valence-corrected chi connectivity index (χ2v) is 4.67. The summed E-state index contributed by atoms with van der Waals surface area (Å²) < 4.78 is 1.27. The summed E-state index contributed by atoms with van der Waals surface area (Å²) in [5, 5.41) is 0. The van der Waals surface area contributed by atoms with Crippen molar-refractivity contribution >= 4 is 28.5 Å². The molecule has 62 valence electrons. The first-order valence-corrected chi connectivity index (χ1v) is 5.52. The summed E-state index contributed by atoms with van der Waals surface area (Å²) in [6.07, 6.45) is 1.36. The van der Waals surface area contributed by atoms with Crippen LogP contribution in [0, 0.1) is 11.3 Å². The standard InChI is InChI=1S/C8H12INO/c1-6(11)10-4-8(5-10)2-7(8)3-9/h7H,2-5H2,1H3. The zero-order chi connectivity index (χ0) is 8.06. The van der Waals surface area contributed by atoms with E-state index in [9.17, 15) is 4.79 Å². The predicted octanol–water partition coefficient (Wildman–Crippen LogP) is 1.29. The van der Waals surface area contributed by atoms with Crippen LogP contribution in [0.4, 0.5) is 0 Å². The highest BCUT2D eigenvalue weighted by molar-refractivity contribution is 14.1. The number of hydrogen-bond acceptors (Lipinski definition) is 1. The molecule has 0 aromatic heterocycles. The normalized spacial score (nSPS) is 31.8. The molecule has 1 aliphatic carbocycles. The van der Waals surface area contributed by atoms with E-state index in [2.05, 4.69) is 22.6 Å². The number of alkyl halides is 1. The molecule has 1 spiro atoms. The van der Waals surface area contributed by atoms with Gasteiger partial charge in [0.2, 0.25) is 5.91 Å². The van der Waals surface area contributed by atoms with Crippen molar-refractivity contribution in [2.75, 3.05) is 17.5 Å². The van der Waals surface area contributed by atoms with Gasteiger partial charge in [-0.1, -0.05) is 22.6 Å². The average Bonchev–Trinajstić information content (AvgIpc) is 2.57. The van der Waals surface area contributed by atoms with Gasteiger partial charge in [0.1, 0.15) is 0 Å². The molecule has 11 heavy (non-hydrogen) atoms. The number of carbonyl (C=O) groups is 1. The number of carbonyl (C=O) groups excluding carboxylic acids is 1. The van der Waals surface area contributed by atoms with Crippen LogP contribution in [0.5, 0.6) is 0 Å². The predicted molar refractivity (Wildman–Crippen MR) is 51.7 cm³/mol.